The molecular weight excluding hydrogens is 387 g/mol. The van der Waals surface area contributed by atoms with Gasteiger partial charge in [-0.05, 0) is 18.1 Å². The normalized spacial score (nSPS) is 29.0. The summed E-state index contributed by atoms with van der Waals surface area (Å²) in [7, 11) is 0. The van der Waals surface area contributed by atoms with Crippen molar-refractivity contribution in [2.24, 2.45) is 0 Å². The second kappa shape index (κ2) is 8.41. The van der Waals surface area contributed by atoms with Crippen LogP contribution >= 0.6 is 15.9 Å². The summed E-state index contributed by atoms with van der Waals surface area (Å²) < 4.78 is 32.3. The summed E-state index contributed by atoms with van der Waals surface area (Å²) >= 11 is 3.27. The van der Waals surface area contributed by atoms with E-state index in [0.29, 0.717) is 13.2 Å². The molecule has 1 aliphatic rings. The first-order chi connectivity index (χ1) is 12.1. The number of ether oxygens (including phenoxy) is 3. The average Bonchev–Trinajstić information content (AvgIpc) is 2.84. The zero-order valence-corrected chi connectivity index (χ0v) is 15.7. The predicted octanol–water partition coefficient (Wildman–Crippen LogP) is 4.64. The Bertz CT molecular complexity index is 651. The zero-order chi connectivity index (χ0) is 17.7. The third-order valence-corrected chi connectivity index (χ3v) is 5.41. The van der Waals surface area contributed by atoms with E-state index in [4.69, 9.17) is 14.2 Å². The summed E-state index contributed by atoms with van der Waals surface area (Å²) in [5, 5.41) is -0.717. The van der Waals surface area contributed by atoms with Gasteiger partial charge in [-0.2, -0.15) is 0 Å². The van der Waals surface area contributed by atoms with Crippen molar-refractivity contribution >= 4 is 15.9 Å². The molecule has 3 nitrogen and oxygen atoms in total. The molecule has 134 valence electrons. The minimum Gasteiger partial charge on any atom is -0.374 e. The molecule has 1 saturated heterocycles. The molecule has 0 N–H and O–H groups in total. The maximum Gasteiger partial charge on any atom is 0.172 e. The van der Waals surface area contributed by atoms with Gasteiger partial charge in [-0.3, -0.25) is 0 Å². The van der Waals surface area contributed by atoms with Gasteiger partial charge in [0.1, 0.15) is 17.2 Å². The molecular formula is C20H22BrFO3. The Morgan fingerprint density at radius 2 is 1.56 bits per heavy atom. The van der Waals surface area contributed by atoms with E-state index in [2.05, 4.69) is 15.9 Å². The SMILES string of the molecule is C[C@]1(F)[C@H](Br)O[C@H](COCc2ccccc2)[C@H]1OCc1ccccc1. The fraction of sp³-hybridized carbons (Fsp3) is 0.400. The van der Waals surface area contributed by atoms with E-state index in [1.54, 1.807) is 0 Å². The van der Waals surface area contributed by atoms with Crippen molar-refractivity contribution in [1.82, 2.24) is 0 Å². The number of hydrogen-bond donors (Lipinski definition) is 0. The fourth-order valence-corrected chi connectivity index (χ4v) is 3.41. The minimum absolute atomic E-state index is 0.274. The van der Waals surface area contributed by atoms with E-state index in [1.807, 2.05) is 60.7 Å². The van der Waals surface area contributed by atoms with Crippen molar-refractivity contribution in [3.05, 3.63) is 71.8 Å². The van der Waals surface area contributed by atoms with Crippen LogP contribution in [0, 0.1) is 0 Å². The highest BCUT2D eigenvalue weighted by Gasteiger charge is 2.54. The lowest BCUT2D eigenvalue weighted by Crippen LogP contribution is -2.42. The molecule has 0 amide bonds. The molecule has 5 heteroatoms. The Balaban J connectivity index is 1.58. The van der Waals surface area contributed by atoms with Gasteiger partial charge in [0.15, 0.2) is 5.67 Å². The molecule has 0 radical (unpaired) electrons. The van der Waals surface area contributed by atoms with E-state index in [1.165, 1.54) is 6.92 Å². The van der Waals surface area contributed by atoms with Crippen LogP contribution in [0.2, 0.25) is 0 Å². The molecule has 4 atom stereocenters. The Hall–Kier alpha value is -1.27. The molecule has 1 fully saturated rings. The Morgan fingerprint density at radius 3 is 2.16 bits per heavy atom. The molecule has 0 aromatic heterocycles. The van der Waals surface area contributed by atoms with E-state index in [0.717, 1.165) is 11.1 Å². The first-order valence-electron chi connectivity index (χ1n) is 8.33. The predicted molar refractivity (Wildman–Crippen MR) is 98.2 cm³/mol. The quantitative estimate of drug-likeness (QED) is 0.624. The number of hydrogen-bond acceptors (Lipinski definition) is 3. The first-order valence-corrected chi connectivity index (χ1v) is 9.24. The van der Waals surface area contributed by atoms with Crippen molar-refractivity contribution in [1.29, 1.82) is 0 Å². The monoisotopic (exact) mass is 408 g/mol. The molecule has 3 rings (SSSR count). The van der Waals surface area contributed by atoms with Crippen molar-refractivity contribution in [2.45, 2.75) is 43.0 Å². The van der Waals surface area contributed by atoms with E-state index < -0.39 is 22.9 Å². The van der Waals surface area contributed by atoms with Gasteiger partial charge in [-0.15, -0.1) is 0 Å². The van der Waals surface area contributed by atoms with Crippen LogP contribution < -0.4 is 0 Å². The average molecular weight is 409 g/mol. The standard InChI is InChI=1S/C20H22BrFO3/c1-20(22)18(24-13-16-10-6-3-7-11-16)17(25-19(20)21)14-23-12-15-8-4-2-5-9-15/h2-11,17-19H,12-14H2,1H3/t17-,18-,19-,20-/m1/s1. The largest absolute Gasteiger partial charge is 0.374 e. The molecule has 0 spiro atoms. The summed E-state index contributed by atoms with van der Waals surface area (Å²) in [5.41, 5.74) is 0.441. The van der Waals surface area contributed by atoms with Crippen LogP contribution in [0.1, 0.15) is 18.1 Å². The summed E-state index contributed by atoms with van der Waals surface area (Å²) in [6.45, 7) is 2.57. The molecule has 0 unspecified atom stereocenters. The number of rotatable bonds is 7. The van der Waals surface area contributed by atoms with E-state index in [9.17, 15) is 0 Å². The van der Waals surface area contributed by atoms with Gasteiger partial charge >= 0.3 is 0 Å². The Labute approximate surface area is 156 Å². The van der Waals surface area contributed by atoms with Crippen LogP contribution in [-0.4, -0.2) is 29.5 Å². The molecule has 2 aromatic rings. The molecule has 2 aromatic carbocycles. The smallest absolute Gasteiger partial charge is 0.172 e. The summed E-state index contributed by atoms with van der Waals surface area (Å²) in [6, 6.07) is 19.6. The highest BCUT2D eigenvalue weighted by Crippen LogP contribution is 2.40. The highest BCUT2D eigenvalue weighted by atomic mass is 79.9. The van der Waals surface area contributed by atoms with E-state index in [-0.39, 0.29) is 6.61 Å². The third-order valence-electron chi connectivity index (χ3n) is 4.30. The third kappa shape index (κ3) is 4.67. The first kappa shape index (κ1) is 18.5. The van der Waals surface area contributed by atoms with Gasteiger partial charge < -0.3 is 14.2 Å². The van der Waals surface area contributed by atoms with E-state index >= 15 is 4.39 Å². The van der Waals surface area contributed by atoms with Gasteiger partial charge in [0.2, 0.25) is 0 Å². The van der Waals surface area contributed by atoms with Crippen LogP contribution in [-0.2, 0) is 27.4 Å². The van der Waals surface area contributed by atoms with Gasteiger partial charge in [0, 0.05) is 0 Å². The number of benzene rings is 2. The second-order valence-corrected chi connectivity index (χ2v) is 7.19. The van der Waals surface area contributed by atoms with Crippen molar-refractivity contribution in [3.8, 4) is 0 Å². The summed E-state index contributed by atoms with van der Waals surface area (Å²) in [5.74, 6) is 0. The topological polar surface area (TPSA) is 27.7 Å². The molecule has 1 heterocycles. The number of halogens is 2. The molecule has 0 bridgehead atoms. The van der Waals surface area contributed by atoms with Crippen LogP contribution in [0.3, 0.4) is 0 Å². The maximum absolute atomic E-state index is 15.0. The zero-order valence-electron chi connectivity index (χ0n) is 14.1. The van der Waals surface area contributed by atoms with Crippen molar-refractivity contribution < 1.29 is 18.6 Å². The lowest BCUT2D eigenvalue weighted by Gasteiger charge is -2.26. The molecule has 25 heavy (non-hydrogen) atoms. The van der Waals surface area contributed by atoms with Gasteiger partial charge in [0.05, 0.1) is 19.8 Å². The Morgan fingerprint density at radius 1 is 1.00 bits per heavy atom. The van der Waals surface area contributed by atoms with Gasteiger partial charge in [-0.1, -0.05) is 76.6 Å². The lowest BCUT2D eigenvalue weighted by molar-refractivity contribution is -0.0798. The molecule has 0 aliphatic carbocycles. The molecule has 0 saturated carbocycles. The van der Waals surface area contributed by atoms with Gasteiger partial charge in [0.25, 0.3) is 0 Å². The van der Waals surface area contributed by atoms with Crippen LogP contribution in [0.5, 0.6) is 0 Å². The Kier molecular flexibility index (Phi) is 6.23. The second-order valence-electron chi connectivity index (χ2n) is 6.36. The highest BCUT2D eigenvalue weighted by molar-refractivity contribution is 9.09. The van der Waals surface area contributed by atoms with Crippen molar-refractivity contribution in [2.75, 3.05) is 6.61 Å². The summed E-state index contributed by atoms with van der Waals surface area (Å²) in [4.78, 5) is 0. The lowest BCUT2D eigenvalue weighted by atomic mass is 10.0. The summed E-state index contributed by atoms with van der Waals surface area (Å²) in [6.07, 6.45) is -1.17. The maximum atomic E-state index is 15.0. The molecule has 1 aliphatic heterocycles. The minimum atomic E-state index is -1.63. The van der Waals surface area contributed by atoms with Gasteiger partial charge in [-0.25, -0.2) is 4.39 Å². The van der Waals surface area contributed by atoms with Crippen LogP contribution in [0.4, 0.5) is 4.39 Å². The van der Waals surface area contributed by atoms with Crippen molar-refractivity contribution in [3.63, 3.8) is 0 Å². The fourth-order valence-electron chi connectivity index (χ4n) is 2.87. The van der Waals surface area contributed by atoms with Crippen LogP contribution in [0.15, 0.2) is 60.7 Å². The number of alkyl halides is 2. The van der Waals surface area contributed by atoms with Crippen LogP contribution in [0.25, 0.3) is 0 Å².